The third kappa shape index (κ3) is 4.95. The van der Waals surface area contributed by atoms with Crippen molar-refractivity contribution in [3.63, 3.8) is 0 Å². The molecule has 2 aromatic carbocycles. The lowest BCUT2D eigenvalue weighted by molar-refractivity contribution is 0.102. The number of amides is 1. The molecule has 0 aliphatic carbocycles. The highest BCUT2D eigenvalue weighted by Gasteiger charge is 2.25. The number of carbonyl (C=O) groups excluding carboxylic acids is 1. The second kappa shape index (κ2) is 8.79. The summed E-state index contributed by atoms with van der Waals surface area (Å²) in [6, 6.07) is 10.4. The minimum Gasteiger partial charge on any atom is -0.494 e. The van der Waals surface area contributed by atoms with Gasteiger partial charge < -0.3 is 15.0 Å². The molecule has 0 radical (unpaired) electrons. The van der Waals surface area contributed by atoms with E-state index in [1.807, 2.05) is 23.1 Å². The standard InChI is InChI=1S/C19H21Cl2N3O4S/c1-28-18-14(20)11-13(12-15(18)21)19(25)22-16-5-3-4-6-17(16)23-7-9-24(10-8-23)29(2,26)27/h3-6,11-12H,7-10H2,1-2H3,(H,22,25). The van der Waals surface area contributed by atoms with Gasteiger partial charge in [0.15, 0.2) is 5.75 Å². The Hall–Kier alpha value is -2.00. The van der Waals surface area contributed by atoms with Crippen molar-refractivity contribution in [3.05, 3.63) is 52.0 Å². The maximum Gasteiger partial charge on any atom is 0.255 e. The molecule has 1 heterocycles. The normalized spacial score (nSPS) is 15.2. The highest BCUT2D eigenvalue weighted by atomic mass is 35.5. The zero-order valence-electron chi connectivity index (χ0n) is 16.0. The summed E-state index contributed by atoms with van der Waals surface area (Å²) < 4.78 is 30.0. The van der Waals surface area contributed by atoms with E-state index < -0.39 is 10.0 Å². The van der Waals surface area contributed by atoms with E-state index in [4.69, 9.17) is 27.9 Å². The van der Waals surface area contributed by atoms with Crippen molar-refractivity contribution in [2.75, 3.05) is 49.8 Å². The van der Waals surface area contributed by atoms with E-state index in [2.05, 4.69) is 5.32 Å². The Morgan fingerprint density at radius 1 is 1.07 bits per heavy atom. The number of methoxy groups -OCH3 is 1. The molecule has 29 heavy (non-hydrogen) atoms. The first-order valence-corrected chi connectivity index (χ1v) is 11.4. The first-order chi connectivity index (χ1) is 13.7. The highest BCUT2D eigenvalue weighted by Crippen LogP contribution is 2.34. The van der Waals surface area contributed by atoms with E-state index in [0.29, 0.717) is 43.2 Å². The molecule has 1 aliphatic heterocycles. The Balaban J connectivity index is 1.79. The van der Waals surface area contributed by atoms with Crippen LogP contribution in [-0.4, -0.2) is 58.2 Å². The fourth-order valence-corrected chi connectivity index (χ4v) is 4.66. The molecule has 0 aromatic heterocycles. The van der Waals surface area contributed by atoms with Crippen LogP contribution < -0.4 is 15.0 Å². The first kappa shape index (κ1) is 21.7. The van der Waals surface area contributed by atoms with Gasteiger partial charge in [-0.3, -0.25) is 4.79 Å². The molecule has 1 N–H and O–H groups in total. The zero-order valence-corrected chi connectivity index (χ0v) is 18.3. The molecule has 3 rings (SSSR count). The van der Waals surface area contributed by atoms with Crippen molar-refractivity contribution in [2.45, 2.75) is 0 Å². The Labute approximate surface area is 180 Å². The third-order valence-electron chi connectivity index (χ3n) is 4.67. The molecule has 10 heteroatoms. The second-order valence-corrected chi connectivity index (χ2v) is 9.39. The van der Waals surface area contributed by atoms with E-state index in [-0.39, 0.29) is 16.0 Å². The van der Waals surface area contributed by atoms with Crippen LogP contribution in [0.2, 0.25) is 10.0 Å². The average Bonchev–Trinajstić information content (AvgIpc) is 2.67. The number of rotatable bonds is 5. The minimum absolute atomic E-state index is 0.246. The van der Waals surface area contributed by atoms with Crippen molar-refractivity contribution < 1.29 is 17.9 Å². The molecular formula is C19H21Cl2N3O4S. The summed E-state index contributed by atoms with van der Waals surface area (Å²) in [5, 5.41) is 3.38. The van der Waals surface area contributed by atoms with E-state index >= 15 is 0 Å². The van der Waals surface area contributed by atoms with Crippen molar-refractivity contribution in [2.24, 2.45) is 0 Å². The van der Waals surface area contributed by atoms with Crippen molar-refractivity contribution >= 4 is 50.5 Å². The number of piperazine rings is 1. The molecule has 0 saturated carbocycles. The summed E-state index contributed by atoms with van der Waals surface area (Å²) >= 11 is 12.3. The Bertz CT molecular complexity index is 999. The molecule has 156 valence electrons. The van der Waals surface area contributed by atoms with Gasteiger partial charge in [0.2, 0.25) is 10.0 Å². The number of halogens is 2. The molecule has 1 amide bonds. The van der Waals surface area contributed by atoms with E-state index in [1.165, 1.54) is 29.8 Å². The first-order valence-electron chi connectivity index (χ1n) is 8.84. The van der Waals surface area contributed by atoms with Crippen LogP contribution in [0.1, 0.15) is 10.4 Å². The van der Waals surface area contributed by atoms with E-state index in [1.54, 1.807) is 6.07 Å². The SMILES string of the molecule is COc1c(Cl)cc(C(=O)Nc2ccccc2N2CCN(S(C)(=O)=O)CC2)cc1Cl. The monoisotopic (exact) mass is 457 g/mol. The summed E-state index contributed by atoms with van der Waals surface area (Å²) in [4.78, 5) is 14.8. The van der Waals surface area contributed by atoms with Gasteiger partial charge in [0.1, 0.15) is 0 Å². The number of sulfonamides is 1. The molecular weight excluding hydrogens is 437 g/mol. The molecule has 1 aliphatic rings. The summed E-state index contributed by atoms with van der Waals surface area (Å²) in [5.74, 6) is -0.0484. The van der Waals surface area contributed by atoms with Gasteiger partial charge in [-0.05, 0) is 24.3 Å². The second-order valence-electron chi connectivity index (χ2n) is 6.59. The molecule has 2 aromatic rings. The van der Waals surface area contributed by atoms with Crippen LogP contribution >= 0.6 is 23.2 Å². The molecule has 0 spiro atoms. The Kier molecular flexibility index (Phi) is 6.58. The van der Waals surface area contributed by atoms with Gasteiger partial charge in [0.05, 0.1) is 34.8 Å². The fraction of sp³-hybridized carbons (Fsp3) is 0.316. The number of carbonyl (C=O) groups is 1. The lowest BCUT2D eigenvalue weighted by Crippen LogP contribution is -2.48. The number of hydrogen-bond acceptors (Lipinski definition) is 5. The molecule has 1 fully saturated rings. The maximum absolute atomic E-state index is 12.8. The topological polar surface area (TPSA) is 79.0 Å². The van der Waals surface area contributed by atoms with Gasteiger partial charge in [-0.1, -0.05) is 35.3 Å². The summed E-state index contributed by atoms with van der Waals surface area (Å²) in [7, 11) is -1.76. The number of anilines is 2. The fourth-order valence-electron chi connectivity index (χ4n) is 3.20. The van der Waals surface area contributed by atoms with Gasteiger partial charge in [0.25, 0.3) is 5.91 Å². The van der Waals surface area contributed by atoms with Gasteiger partial charge in [0, 0.05) is 31.7 Å². The van der Waals surface area contributed by atoms with Crippen molar-refractivity contribution in [1.29, 1.82) is 0 Å². The van der Waals surface area contributed by atoms with Crippen molar-refractivity contribution in [3.8, 4) is 5.75 Å². The highest BCUT2D eigenvalue weighted by molar-refractivity contribution is 7.88. The van der Waals surface area contributed by atoms with E-state index in [0.717, 1.165) is 5.69 Å². The Morgan fingerprint density at radius 3 is 2.21 bits per heavy atom. The van der Waals surface area contributed by atoms with Crippen LogP contribution in [0, 0.1) is 0 Å². The number of benzene rings is 2. The smallest absolute Gasteiger partial charge is 0.255 e. The predicted octanol–water partition coefficient (Wildman–Crippen LogP) is 3.34. The van der Waals surface area contributed by atoms with Crippen LogP contribution in [0.3, 0.4) is 0 Å². The maximum atomic E-state index is 12.8. The molecule has 7 nitrogen and oxygen atoms in total. The number of para-hydroxylation sites is 2. The molecule has 0 unspecified atom stereocenters. The number of nitrogens with zero attached hydrogens (tertiary/aromatic N) is 2. The summed E-state index contributed by atoms with van der Waals surface area (Å²) in [6.07, 6.45) is 1.21. The third-order valence-corrected chi connectivity index (χ3v) is 6.53. The lowest BCUT2D eigenvalue weighted by atomic mass is 10.1. The lowest BCUT2D eigenvalue weighted by Gasteiger charge is -2.35. The largest absolute Gasteiger partial charge is 0.494 e. The summed E-state index contributed by atoms with van der Waals surface area (Å²) in [5.41, 5.74) is 1.74. The van der Waals surface area contributed by atoms with Crippen LogP contribution in [-0.2, 0) is 10.0 Å². The summed E-state index contributed by atoms with van der Waals surface area (Å²) in [6.45, 7) is 1.84. The Morgan fingerprint density at radius 2 is 1.66 bits per heavy atom. The minimum atomic E-state index is -3.21. The number of hydrogen-bond donors (Lipinski definition) is 1. The van der Waals surface area contributed by atoms with Gasteiger partial charge >= 0.3 is 0 Å². The quantitative estimate of drug-likeness (QED) is 0.744. The average molecular weight is 458 g/mol. The molecule has 1 saturated heterocycles. The predicted molar refractivity (Wildman–Crippen MR) is 116 cm³/mol. The van der Waals surface area contributed by atoms with Gasteiger partial charge in [-0.2, -0.15) is 4.31 Å². The zero-order chi connectivity index (χ0) is 21.2. The van der Waals surface area contributed by atoms with Crippen LogP contribution in [0.5, 0.6) is 5.75 Å². The van der Waals surface area contributed by atoms with Crippen LogP contribution in [0.25, 0.3) is 0 Å². The number of ether oxygens (including phenoxy) is 1. The number of nitrogens with one attached hydrogen (secondary N) is 1. The van der Waals surface area contributed by atoms with Gasteiger partial charge in [-0.15, -0.1) is 0 Å². The van der Waals surface area contributed by atoms with E-state index in [9.17, 15) is 13.2 Å². The van der Waals surface area contributed by atoms with Crippen LogP contribution in [0.4, 0.5) is 11.4 Å². The molecule has 0 bridgehead atoms. The molecule has 0 atom stereocenters. The van der Waals surface area contributed by atoms with Crippen LogP contribution in [0.15, 0.2) is 36.4 Å². The van der Waals surface area contributed by atoms with Crippen molar-refractivity contribution in [1.82, 2.24) is 4.31 Å². The van der Waals surface area contributed by atoms with Gasteiger partial charge in [-0.25, -0.2) is 8.42 Å².